The number of fused-ring (bicyclic) bond motifs is 4. The average Bonchev–Trinajstić information content (AvgIpc) is 2.92. The van der Waals surface area contributed by atoms with E-state index in [4.69, 9.17) is 0 Å². The zero-order valence-electron chi connectivity index (χ0n) is 22.4. The zero-order chi connectivity index (χ0) is 23.6. The predicted octanol–water partition coefficient (Wildman–Crippen LogP) is 5.17. The molecule has 3 saturated carbocycles. The molecule has 3 saturated heterocycles. The van der Waals surface area contributed by atoms with Crippen LogP contribution in [0.15, 0.2) is 0 Å². The number of likely N-dealkylation sites (tertiary alicyclic amines) is 2. The molecule has 6 fully saturated rings. The Morgan fingerprint density at radius 3 is 2.47 bits per heavy atom. The molecular weight excluding hydrogens is 418 g/mol. The Kier molecular flexibility index (Phi) is 6.54. The molecule has 0 spiro atoms. The third kappa shape index (κ3) is 4.27. The van der Waals surface area contributed by atoms with Crippen molar-refractivity contribution in [2.45, 2.75) is 116 Å². The van der Waals surface area contributed by atoms with Crippen LogP contribution in [0.3, 0.4) is 0 Å². The minimum Gasteiger partial charge on any atom is -0.340 e. The Morgan fingerprint density at radius 2 is 1.65 bits per heavy atom. The van der Waals surface area contributed by atoms with Crippen molar-refractivity contribution in [1.82, 2.24) is 15.1 Å². The summed E-state index contributed by atoms with van der Waals surface area (Å²) in [5.74, 6) is 7.26. The summed E-state index contributed by atoms with van der Waals surface area (Å²) < 4.78 is 0. The number of piperidine rings is 3. The van der Waals surface area contributed by atoms with Gasteiger partial charge in [-0.15, -0.1) is 0 Å². The van der Waals surface area contributed by atoms with Crippen molar-refractivity contribution in [3.8, 4) is 0 Å². The highest BCUT2D eigenvalue weighted by Gasteiger charge is 2.51. The lowest BCUT2D eigenvalue weighted by molar-refractivity contribution is -0.137. The normalized spacial score (nSPS) is 51.2. The highest BCUT2D eigenvalue weighted by molar-refractivity contribution is 5.73. The lowest BCUT2D eigenvalue weighted by Gasteiger charge is -2.51. The molecule has 3 aliphatic carbocycles. The van der Waals surface area contributed by atoms with Gasteiger partial charge in [0, 0.05) is 44.2 Å². The number of carbonyl (C=O) groups is 1. The van der Waals surface area contributed by atoms with Crippen LogP contribution in [-0.2, 0) is 4.79 Å². The molecule has 2 bridgehead atoms. The van der Waals surface area contributed by atoms with Crippen LogP contribution in [0, 0.1) is 47.3 Å². The molecule has 1 amide bonds. The summed E-state index contributed by atoms with van der Waals surface area (Å²) in [5, 5.41) is 4.33. The van der Waals surface area contributed by atoms with E-state index >= 15 is 0 Å². The molecule has 4 heteroatoms. The van der Waals surface area contributed by atoms with Crippen molar-refractivity contribution in [3.63, 3.8) is 0 Å². The molecule has 12 atom stereocenters. The first kappa shape index (κ1) is 23.8. The van der Waals surface area contributed by atoms with Crippen LogP contribution in [0.5, 0.6) is 0 Å². The van der Waals surface area contributed by atoms with Crippen LogP contribution in [0.2, 0.25) is 0 Å². The first-order valence-corrected chi connectivity index (χ1v) is 15.1. The summed E-state index contributed by atoms with van der Waals surface area (Å²) in [5.41, 5.74) is 0. The summed E-state index contributed by atoms with van der Waals surface area (Å²) >= 11 is 0. The maximum Gasteiger partial charge on any atom is 0.219 e. The van der Waals surface area contributed by atoms with E-state index in [-0.39, 0.29) is 0 Å². The average molecular weight is 470 g/mol. The maximum absolute atomic E-state index is 12.4. The highest BCUT2D eigenvalue weighted by Crippen LogP contribution is 2.52. The molecule has 0 unspecified atom stereocenters. The SMILES string of the molecule is CC(=O)N1CCC[C@@H]2[C@@H](C[C@H]3CC[C@@H]4[C@H]5C[C@@H]6[C@@H](C[C@@H](C)C[C@@H]6N(C)C5)C[C@H]4N3)C[C@H](C)C[C@@H]21. The predicted molar refractivity (Wildman–Crippen MR) is 138 cm³/mol. The Morgan fingerprint density at radius 1 is 0.853 bits per heavy atom. The molecule has 1 N–H and O–H groups in total. The fraction of sp³-hybridized carbons (Fsp3) is 0.967. The molecule has 0 aromatic rings. The van der Waals surface area contributed by atoms with Gasteiger partial charge in [-0.1, -0.05) is 13.8 Å². The molecule has 0 aromatic carbocycles. The van der Waals surface area contributed by atoms with Gasteiger partial charge in [-0.25, -0.2) is 0 Å². The van der Waals surface area contributed by atoms with Gasteiger partial charge in [0.25, 0.3) is 0 Å². The second kappa shape index (κ2) is 9.36. The molecule has 0 aromatic heterocycles. The third-order valence-corrected chi connectivity index (χ3v) is 11.9. The molecule has 0 radical (unpaired) electrons. The highest BCUT2D eigenvalue weighted by atomic mass is 16.2. The third-order valence-electron chi connectivity index (χ3n) is 11.9. The van der Waals surface area contributed by atoms with Crippen molar-refractivity contribution in [2.24, 2.45) is 47.3 Å². The summed E-state index contributed by atoms with van der Waals surface area (Å²) in [6, 6.07) is 2.84. The summed E-state index contributed by atoms with van der Waals surface area (Å²) in [4.78, 5) is 17.4. The molecule has 4 nitrogen and oxygen atoms in total. The van der Waals surface area contributed by atoms with E-state index in [1.54, 1.807) is 6.92 Å². The lowest BCUT2D eigenvalue weighted by Crippen LogP contribution is -2.55. The smallest absolute Gasteiger partial charge is 0.219 e. The molecule has 3 heterocycles. The van der Waals surface area contributed by atoms with Crippen LogP contribution in [0.1, 0.15) is 91.4 Å². The van der Waals surface area contributed by atoms with Crippen LogP contribution in [0.25, 0.3) is 0 Å². The monoisotopic (exact) mass is 469 g/mol. The van der Waals surface area contributed by atoms with Gasteiger partial charge >= 0.3 is 0 Å². The fourth-order valence-corrected chi connectivity index (χ4v) is 10.6. The molecular formula is C30H51N3O. The molecule has 34 heavy (non-hydrogen) atoms. The van der Waals surface area contributed by atoms with Crippen molar-refractivity contribution in [3.05, 3.63) is 0 Å². The lowest BCUT2D eigenvalue weighted by atomic mass is 9.65. The number of rotatable bonds is 2. The topological polar surface area (TPSA) is 35.6 Å². The van der Waals surface area contributed by atoms with Crippen LogP contribution in [0.4, 0.5) is 0 Å². The van der Waals surface area contributed by atoms with Gasteiger partial charge in [-0.3, -0.25) is 4.79 Å². The van der Waals surface area contributed by atoms with E-state index < -0.39 is 0 Å². The standard InChI is InChI=1S/C30H51N3O/c1-18-11-22-16-28-25(23-15-27(22)29(12-18)32(4)17-23)8-7-24(31-28)14-21-10-19(2)13-30-26(21)6-5-9-33(30)20(3)34/h18-19,21-31H,5-17H2,1-4H3/t18-,19+,21-,22+,23+,24-,25-,26-,27-,28-,29+,30+/m1/s1. The second-order valence-electron chi connectivity index (χ2n) is 14.1. The number of hydrogen-bond acceptors (Lipinski definition) is 3. The van der Waals surface area contributed by atoms with Crippen molar-refractivity contribution in [1.29, 1.82) is 0 Å². The van der Waals surface area contributed by atoms with Gasteiger partial charge < -0.3 is 15.1 Å². The van der Waals surface area contributed by atoms with E-state index in [9.17, 15) is 4.79 Å². The molecule has 6 rings (SSSR count). The molecule has 6 aliphatic rings. The Bertz CT molecular complexity index is 755. The van der Waals surface area contributed by atoms with Crippen LogP contribution < -0.4 is 5.32 Å². The largest absolute Gasteiger partial charge is 0.340 e. The Balaban J connectivity index is 1.16. The number of carbonyl (C=O) groups excluding carboxylic acids is 1. The number of hydrogen-bond donors (Lipinski definition) is 1. The van der Waals surface area contributed by atoms with E-state index in [1.807, 2.05) is 0 Å². The van der Waals surface area contributed by atoms with Gasteiger partial charge in [-0.05, 0) is 125 Å². The van der Waals surface area contributed by atoms with Crippen molar-refractivity contribution < 1.29 is 4.79 Å². The first-order chi connectivity index (χ1) is 16.4. The summed E-state index contributed by atoms with van der Waals surface area (Å²) in [6.07, 6.45) is 15.3. The Hall–Kier alpha value is -0.610. The zero-order valence-corrected chi connectivity index (χ0v) is 22.4. The van der Waals surface area contributed by atoms with Crippen LogP contribution in [-0.4, -0.2) is 60.0 Å². The molecule has 192 valence electrons. The maximum atomic E-state index is 12.4. The quantitative estimate of drug-likeness (QED) is 0.606. The fourth-order valence-electron chi connectivity index (χ4n) is 10.6. The summed E-state index contributed by atoms with van der Waals surface area (Å²) in [6.45, 7) is 9.11. The van der Waals surface area contributed by atoms with Crippen LogP contribution >= 0.6 is 0 Å². The van der Waals surface area contributed by atoms with E-state index in [2.05, 4.69) is 36.0 Å². The van der Waals surface area contributed by atoms with Crippen molar-refractivity contribution >= 4 is 5.91 Å². The number of nitrogens with zero attached hydrogens (tertiary/aromatic N) is 2. The minimum atomic E-state index is 0.315. The first-order valence-electron chi connectivity index (χ1n) is 15.1. The van der Waals surface area contributed by atoms with Crippen molar-refractivity contribution in [2.75, 3.05) is 20.1 Å². The van der Waals surface area contributed by atoms with E-state index in [0.29, 0.717) is 18.0 Å². The van der Waals surface area contributed by atoms with Gasteiger partial charge in [0.1, 0.15) is 0 Å². The molecule has 3 aliphatic heterocycles. The van der Waals surface area contributed by atoms with Gasteiger partial charge in [-0.2, -0.15) is 0 Å². The summed E-state index contributed by atoms with van der Waals surface area (Å²) in [7, 11) is 2.44. The van der Waals surface area contributed by atoms with E-state index in [0.717, 1.165) is 66.0 Å². The number of nitrogens with one attached hydrogen (secondary N) is 1. The van der Waals surface area contributed by atoms with E-state index in [1.165, 1.54) is 77.2 Å². The second-order valence-corrected chi connectivity index (χ2v) is 14.1. The number of amides is 1. The van der Waals surface area contributed by atoms with Gasteiger partial charge in [0.2, 0.25) is 5.91 Å². The minimum absolute atomic E-state index is 0.315. The Labute approximate surface area is 209 Å². The van der Waals surface area contributed by atoms with Gasteiger partial charge in [0.15, 0.2) is 0 Å². The van der Waals surface area contributed by atoms with Gasteiger partial charge in [0.05, 0.1) is 0 Å².